The van der Waals surface area contributed by atoms with Gasteiger partial charge in [-0.3, -0.25) is 4.79 Å². The standard InChI is InChI=1S/C32H32ClN5O5S/c1-42-28-13-9-23(33)19-27(28)31(39)36-16-14-20-6-10-24(11-7-20)44(34,41)38-32(40)37-30-25-5-3-4-21(25)8-12-26(30)22-15-17-35-29(18-22)43-2/h6-13,15,17-19H,3-5,14,16H2,1-2H3,(H,36,39)(H3,34,37,38,40,41). The second-order valence-corrected chi connectivity index (χ2v) is 12.4. The van der Waals surface area contributed by atoms with Crippen molar-refractivity contribution in [3.8, 4) is 22.8 Å². The first-order chi connectivity index (χ1) is 21.2. The van der Waals surface area contributed by atoms with Gasteiger partial charge in [0.15, 0.2) is 0 Å². The molecule has 3 amide bonds. The van der Waals surface area contributed by atoms with Gasteiger partial charge in [-0.05, 0) is 84.3 Å². The van der Waals surface area contributed by atoms with Crippen LogP contribution in [0.4, 0.5) is 10.5 Å². The molecule has 1 aliphatic carbocycles. The summed E-state index contributed by atoms with van der Waals surface area (Å²) >= 11 is 6.03. The number of methoxy groups -OCH3 is 2. The minimum absolute atomic E-state index is 0.210. The molecule has 0 bridgehead atoms. The molecule has 3 aromatic carbocycles. The van der Waals surface area contributed by atoms with Crippen LogP contribution in [0.3, 0.4) is 0 Å². The van der Waals surface area contributed by atoms with Crippen LogP contribution in [0.1, 0.15) is 33.5 Å². The zero-order chi connectivity index (χ0) is 31.3. The van der Waals surface area contributed by atoms with Crippen molar-refractivity contribution in [3.63, 3.8) is 0 Å². The molecule has 1 heterocycles. The van der Waals surface area contributed by atoms with Gasteiger partial charge in [-0.15, -0.1) is 4.36 Å². The Kier molecular flexibility index (Phi) is 9.48. The number of aryl methyl sites for hydroxylation is 1. The Morgan fingerprint density at radius 2 is 1.82 bits per heavy atom. The van der Waals surface area contributed by atoms with Crippen molar-refractivity contribution in [1.29, 1.82) is 0 Å². The summed E-state index contributed by atoms with van der Waals surface area (Å²) in [7, 11) is -0.519. The van der Waals surface area contributed by atoms with E-state index in [0.717, 1.165) is 47.1 Å². The van der Waals surface area contributed by atoms with Gasteiger partial charge in [-0.2, -0.15) is 0 Å². The van der Waals surface area contributed by atoms with Crippen LogP contribution in [0, 0.1) is 0 Å². The number of anilines is 1. The first-order valence-corrected chi connectivity index (χ1v) is 15.9. The van der Waals surface area contributed by atoms with Crippen molar-refractivity contribution in [2.75, 3.05) is 26.1 Å². The molecule has 1 unspecified atom stereocenters. The number of nitrogens with one attached hydrogen (secondary N) is 2. The zero-order valence-corrected chi connectivity index (χ0v) is 25.8. The zero-order valence-electron chi connectivity index (χ0n) is 24.3. The Hall–Kier alpha value is -4.45. The molecule has 1 atom stereocenters. The third kappa shape index (κ3) is 7.02. The van der Waals surface area contributed by atoms with Crippen molar-refractivity contribution in [2.24, 2.45) is 9.50 Å². The lowest BCUT2D eigenvalue weighted by Crippen LogP contribution is -2.26. The summed E-state index contributed by atoms with van der Waals surface area (Å²) in [5.41, 5.74) is 5.59. The van der Waals surface area contributed by atoms with Gasteiger partial charge in [0, 0.05) is 29.4 Å². The van der Waals surface area contributed by atoms with Crippen molar-refractivity contribution < 1.29 is 23.3 Å². The number of hydrogen-bond acceptors (Lipinski definition) is 6. The van der Waals surface area contributed by atoms with Crippen molar-refractivity contribution in [1.82, 2.24) is 10.3 Å². The monoisotopic (exact) mass is 633 g/mol. The molecule has 44 heavy (non-hydrogen) atoms. The van der Waals surface area contributed by atoms with Crippen LogP contribution in [-0.2, 0) is 29.2 Å². The number of rotatable bonds is 9. The van der Waals surface area contributed by atoms with E-state index in [-0.39, 0.29) is 10.8 Å². The highest BCUT2D eigenvalue weighted by atomic mass is 35.5. The molecule has 10 nitrogen and oxygen atoms in total. The summed E-state index contributed by atoms with van der Waals surface area (Å²) in [6, 6.07) is 18.3. The number of pyridine rings is 1. The number of carbonyl (C=O) groups is 2. The maximum atomic E-state index is 13.4. The van der Waals surface area contributed by atoms with E-state index in [1.165, 1.54) is 7.11 Å². The van der Waals surface area contributed by atoms with Gasteiger partial charge in [0.1, 0.15) is 15.7 Å². The summed E-state index contributed by atoms with van der Waals surface area (Å²) in [6.45, 7) is 0.339. The molecule has 4 aromatic rings. The quantitative estimate of drug-likeness (QED) is 0.212. The number of urea groups is 1. The van der Waals surface area contributed by atoms with Crippen molar-refractivity contribution >= 4 is 39.1 Å². The summed E-state index contributed by atoms with van der Waals surface area (Å²) in [4.78, 5) is 30.1. The molecule has 0 spiro atoms. The summed E-state index contributed by atoms with van der Waals surface area (Å²) in [5.74, 6) is 0.556. The third-order valence-corrected chi connectivity index (χ3v) is 8.97. The first-order valence-electron chi connectivity index (χ1n) is 13.9. The summed E-state index contributed by atoms with van der Waals surface area (Å²) < 4.78 is 27.8. The Balaban J connectivity index is 1.28. The first kappa shape index (κ1) is 31.0. The number of hydrogen-bond donors (Lipinski definition) is 3. The van der Waals surface area contributed by atoms with Crippen LogP contribution < -0.4 is 25.2 Å². The molecular formula is C32H32ClN5O5S. The van der Waals surface area contributed by atoms with E-state index >= 15 is 0 Å². The molecule has 1 aliphatic rings. The second kappa shape index (κ2) is 13.5. The Morgan fingerprint density at radius 1 is 1.02 bits per heavy atom. The van der Waals surface area contributed by atoms with Gasteiger partial charge in [-0.25, -0.2) is 19.1 Å². The highest BCUT2D eigenvalue weighted by molar-refractivity contribution is 7.91. The maximum Gasteiger partial charge on any atom is 0.354 e. The number of nitrogens with two attached hydrogens (primary N) is 1. The van der Waals surface area contributed by atoms with Gasteiger partial charge < -0.3 is 20.1 Å². The van der Waals surface area contributed by atoms with E-state index in [1.807, 2.05) is 12.1 Å². The van der Waals surface area contributed by atoms with E-state index in [9.17, 15) is 13.8 Å². The molecule has 228 valence electrons. The molecule has 0 aliphatic heterocycles. The fourth-order valence-electron chi connectivity index (χ4n) is 5.17. The number of ether oxygens (including phenoxy) is 2. The van der Waals surface area contributed by atoms with E-state index in [2.05, 4.69) is 26.0 Å². The lowest BCUT2D eigenvalue weighted by molar-refractivity contribution is 0.0951. The Morgan fingerprint density at radius 3 is 2.57 bits per heavy atom. The Labute approximate surface area is 261 Å². The van der Waals surface area contributed by atoms with Crippen LogP contribution >= 0.6 is 11.6 Å². The topological polar surface area (TPSA) is 145 Å². The molecule has 4 N–H and O–H groups in total. The van der Waals surface area contributed by atoms with Crippen LogP contribution in [0.25, 0.3) is 11.1 Å². The average molecular weight is 634 g/mol. The average Bonchev–Trinajstić information content (AvgIpc) is 3.51. The van der Waals surface area contributed by atoms with E-state index in [1.54, 1.807) is 61.8 Å². The van der Waals surface area contributed by atoms with Gasteiger partial charge in [0.05, 0.1) is 30.4 Å². The van der Waals surface area contributed by atoms with E-state index < -0.39 is 15.9 Å². The number of aromatic nitrogens is 1. The second-order valence-electron chi connectivity index (χ2n) is 10.2. The number of benzene rings is 3. The predicted octanol–water partition coefficient (Wildman–Crippen LogP) is 5.81. The molecule has 0 fully saturated rings. The molecule has 1 aromatic heterocycles. The van der Waals surface area contributed by atoms with Gasteiger partial charge >= 0.3 is 6.03 Å². The molecular weight excluding hydrogens is 602 g/mol. The highest BCUT2D eigenvalue weighted by Crippen LogP contribution is 2.38. The van der Waals surface area contributed by atoms with Gasteiger partial charge in [-0.1, -0.05) is 35.9 Å². The van der Waals surface area contributed by atoms with Gasteiger partial charge in [0.25, 0.3) is 5.91 Å². The van der Waals surface area contributed by atoms with Crippen molar-refractivity contribution in [2.45, 2.75) is 30.6 Å². The molecule has 0 saturated heterocycles. The summed E-state index contributed by atoms with van der Waals surface area (Å²) in [5, 5.41) is 12.2. The van der Waals surface area contributed by atoms with Gasteiger partial charge in [0.2, 0.25) is 5.88 Å². The summed E-state index contributed by atoms with van der Waals surface area (Å²) in [6.07, 6.45) is 4.82. The van der Waals surface area contributed by atoms with E-state index in [4.69, 9.17) is 26.2 Å². The number of halogens is 1. The largest absolute Gasteiger partial charge is 0.496 e. The maximum absolute atomic E-state index is 13.4. The molecule has 5 rings (SSSR count). The van der Waals surface area contributed by atoms with Crippen LogP contribution in [-0.4, -0.2) is 41.9 Å². The predicted molar refractivity (Wildman–Crippen MR) is 171 cm³/mol. The number of carbonyl (C=O) groups excluding carboxylic acids is 2. The lowest BCUT2D eigenvalue weighted by Gasteiger charge is -2.16. The minimum Gasteiger partial charge on any atom is -0.496 e. The van der Waals surface area contributed by atoms with E-state index in [0.29, 0.717) is 40.9 Å². The van der Waals surface area contributed by atoms with Crippen LogP contribution in [0.5, 0.6) is 11.6 Å². The van der Waals surface area contributed by atoms with Crippen LogP contribution in [0.15, 0.2) is 82.2 Å². The number of fused-ring (bicyclic) bond motifs is 1. The minimum atomic E-state index is -3.54. The fourth-order valence-corrected chi connectivity index (χ4v) is 6.26. The third-order valence-electron chi connectivity index (χ3n) is 7.35. The molecule has 0 radical (unpaired) electrons. The van der Waals surface area contributed by atoms with Crippen LogP contribution in [0.2, 0.25) is 5.02 Å². The molecule has 0 saturated carbocycles. The fraction of sp³-hybridized carbons (Fsp3) is 0.219. The molecule has 12 heteroatoms. The smallest absolute Gasteiger partial charge is 0.354 e. The normalized spacial score (nSPS) is 13.4. The lowest BCUT2D eigenvalue weighted by atomic mass is 9.98. The Bertz CT molecular complexity index is 1840. The SMILES string of the molecule is COc1cc(-c2ccc3c(c2NC(=O)N=S(N)(=O)c2ccc(CCNC(=O)c4cc(Cl)ccc4OC)cc2)CCC3)ccn1. The highest BCUT2D eigenvalue weighted by Gasteiger charge is 2.21. The van der Waals surface area contributed by atoms with Crippen molar-refractivity contribution in [3.05, 3.63) is 100 Å². The number of amides is 3. The number of nitrogens with zero attached hydrogens (tertiary/aromatic N) is 2.